The lowest BCUT2D eigenvalue weighted by Crippen LogP contribution is -2.41. The summed E-state index contributed by atoms with van der Waals surface area (Å²) in [5.74, 6) is -0.534. The van der Waals surface area contributed by atoms with Gasteiger partial charge in [-0.2, -0.15) is 0 Å². The van der Waals surface area contributed by atoms with Crippen LogP contribution in [0.25, 0.3) is 0 Å². The van der Waals surface area contributed by atoms with Crippen LogP contribution in [0, 0.1) is 13.8 Å². The number of amides is 1. The molecule has 0 aliphatic rings. The summed E-state index contributed by atoms with van der Waals surface area (Å²) >= 11 is 5.85. The van der Waals surface area contributed by atoms with Gasteiger partial charge in [-0.3, -0.25) is 10.2 Å². The van der Waals surface area contributed by atoms with Gasteiger partial charge in [0.15, 0.2) is 0 Å². The summed E-state index contributed by atoms with van der Waals surface area (Å²) < 4.78 is 24.2. The van der Waals surface area contributed by atoms with E-state index in [9.17, 15) is 13.2 Å². The average molecular weight is 339 g/mol. The third kappa shape index (κ3) is 3.65. The van der Waals surface area contributed by atoms with Crippen molar-refractivity contribution >= 4 is 27.5 Å². The van der Waals surface area contributed by atoms with E-state index in [1.165, 1.54) is 12.1 Å². The molecular formula is C15H15ClN2O3S. The zero-order chi connectivity index (χ0) is 16.3. The van der Waals surface area contributed by atoms with Crippen molar-refractivity contribution in [2.45, 2.75) is 18.7 Å². The Balaban J connectivity index is 2.15. The first-order valence-corrected chi connectivity index (χ1v) is 8.31. The second-order valence-electron chi connectivity index (χ2n) is 4.81. The van der Waals surface area contributed by atoms with Crippen molar-refractivity contribution in [1.82, 2.24) is 10.3 Å². The smallest absolute Gasteiger partial charge is 0.266 e. The van der Waals surface area contributed by atoms with Crippen LogP contribution in [0.1, 0.15) is 21.5 Å². The summed E-state index contributed by atoms with van der Waals surface area (Å²) in [6, 6.07) is 11.3. The average Bonchev–Trinajstić information content (AvgIpc) is 2.45. The second kappa shape index (κ2) is 6.48. The van der Waals surface area contributed by atoms with Gasteiger partial charge in [0.2, 0.25) is 0 Å². The molecule has 2 rings (SSSR count). The molecule has 5 nitrogen and oxygen atoms in total. The lowest BCUT2D eigenvalue weighted by Gasteiger charge is -2.11. The summed E-state index contributed by atoms with van der Waals surface area (Å²) in [5, 5.41) is 0.0794. The van der Waals surface area contributed by atoms with Crippen LogP contribution in [0.2, 0.25) is 5.02 Å². The third-order valence-corrected chi connectivity index (χ3v) is 4.80. The van der Waals surface area contributed by atoms with Crippen LogP contribution in [0.15, 0.2) is 47.4 Å². The Kier molecular flexibility index (Phi) is 4.85. The fourth-order valence-corrected chi connectivity index (χ4v) is 3.33. The van der Waals surface area contributed by atoms with Crippen LogP contribution in [-0.4, -0.2) is 14.3 Å². The van der Waals surface area contributed by atoms with Gasteiger partial charge >= 0.3 is 0 Å². The second-order valence-corrected chi connectivity index (χ2v) is 6.87. The van der Waals surface area contributed by atoms with Gasteiger partial charge in [-0.1, -0.05) is 41.4 Å². The van der Waals surface area contributed by atoms with Gasteiger partial charge in [-0.25, -0.2) is 8.42 Å². The minimum atomic E-state index is -3.93. The summed E-state index contributed by atoms with van der Waals surface area (Å²) in [6.07, 6.45) is 0. The molecule has 2 aromatic rings. The third-order valence-electron chi connectivity index (χ3n) is 3.05. The molecule has 0 saturated heterocycles. The highest BCUT2D eigenvalue weighted by atomic mass is 35.5. The molecule has 0 spiro atoms. The Morgan fingerprint density at radius 2 is 1.77 bits per heavy atom. The normalized spacial score (nSPS) is 11.2. The largest absolute Gasteiger partial charge is 0.273 e. The van der Waals surface area contributed by atoms with Crippen molar-refractivity contribution < 1.29 is 13.2 Å². The highest BCUT2D eigenvalue weighted by molar-refractivity contribution is 7.89. The molecule has 2 aromatic carbocycles. The predicted molar refractivity (Wildman–Crippen MR) is 85.2 cm³/mol. The summed E-state index contributed by atoms with van der Waals surface area (Å²) in [7, 11) is -3.93. The molecule has 0 aliphatic heterocycles. The number of benzene rings is 2. The van der Waals surface area contributed by atoms with Crippen molar-refractivity contribution in [3.05, 3.63) is 64.2 Å². The summed E-state index contributed by atoms with van der Waals surface area (Å²) in [6.45, 7) is 3.69. The molecule has 1 amide bonds. The van der Waals surface area contributed by atoms with Crippen molar-refractivity contribution in [3.8, 4) is 0 Å². The van der Waals surface area contributed by atoms with Gasteiger partial charge in [-0.15, -0.1) is 4.83 Å². The lowest BCUT2D eigenvalue weighted by atomic mass is 10.1. The number of halogens is 1. The molecule has 2 N–H and O–H groups in total. The van der Waals surface area contributed by atoms with Crippen LogP contribution in [0.3, 0.4) is 0 Å². The molecule has 7 heteroatoms. The van der Waals surface area contributed by atoms with Gasteiger partial charge in [0.05, 0.1) is 5.02 Å². The molecule has 0 fully saturated rings. The first-order chi connectivity index (χ1) is 10.3. The molecular weight excluding hydrogens is 324 g/mol. The van der Waals surface area contributed by atoms with Gasteiger partial charge in [0.1, 0.15) is 4.90 Å². The highest BCUT2D eigenvalue weighted by Gasteiger charge is 2.19. The maximum atomic E-state index is 12.1. The van der Waals surface area contributed by atoms with Crippen LogP contribution >= 0.6 is 11.6 Å². The number of hydrogen-bond donors (Lipinski definition) is 2. The zero-order valence-corrected chi connectivity index (χ0v) is 13.6. The molecule has 0 aliphatic carbocycles. The van der Waals surface area contributed by atoms with Crippen molar-refractivity contribution in [2.24, 2.45) is 0 Å². The molecule has 116 valence electrons. The SMILES string of the molecule is Cc1ccc(C(=O)NNS(=O)(=O)c2ccccc2Cl)c(C)c1. The summed E-state index contributed by atoms with van der Waals surface area (Å²) in [4.78, 5) is 14.0. The minimum absolute atomic E-state index is 0.0794. The van der Waals surface area contributed by atoms with Crippen molar-refractivity contribution in [2.75, 3.05) is 0 Å². The first kappa shape index (κ1) is 16.5. The van der Waals surface area contributed by atoms with E-state index in [1.807, 2.05) is 17.8 Å². The predicted octanol–water partition coefficient (Wildman–Crippen LogP) is 2.58. The van der Waals surface area contributed by atoms with Crippen molar-refractivity contribution in [1.29, 1.82) is 0 Å². The zero-order valence-electron chi connectivity index (χ0n) is 12.1. The van der Waals surface area contributed by atoms with E-state index in [0.717, 1.165) is 11.1 Å². The molecule has 0 atom stereocenters. The van der Waals surface area contributed by atoms with Crippen LogP contribution in [0.5, 0.6) is 0 Å². The van der Waals surface area contributed by atoms with Crippen molar-refractivity contribution in [3.63, 3.8) is 0 Å². The first-order valence-electron chi connectivity index (χ1n) is 6.45. The Morgan fingerprint density at radius 1 is 1.09 bits per heavy atom. The number of nitrogens with one attached hydrogen (secondary N) is 2. The van der Waals surface area contributed by atoms with Crippen LogP contribution in [0.4, 0.5) is 0 Å². The number of hydrogen-bond acceptors (Lipinski definition) is 3. The standard InChI is InChI=1S/C15H15ClN2O3S/c1-10-7-8-12(11(2)9-10)15(19)17-18-22(20,21)14-6-4-3-5-13(14)16/h3-9,18H,1-2H3,(H,17,19). The monoisotopic (exact) mass is 338 g/mol. The molecule has 0 heterocycles. The summed E-state index contributed by atoms with van der Waals surface area (Å²) in [5.41, 5.74) is 4.36. The van der Waals surface area contributed by atoms with E-state index in [-0.39, 0.29) is 9.92 Å². The van der Waals surface area contributed by atoms with E-state index in [0.29, 0.717) is 5.56 Å². The minimum Gasteiger partial charge on any atom is -0.273 e. The Hall–Kier alpha value is -1.89. The molecule has 22 heavy (non-hydrogen) atoms. The van der Waals surface area contributed by atoms with Crippen LogP contribution < -0.4 is 10.3 Å². The lowest BCUT2D eigenvalue weighted by molar-refractivity contribution is 0.0944. The number of rotatable bonds is 4. The van der Waals surface area contributed by atoms with Gasteiger partial charge in [0, 0.05) is 5.56 Å². The van der Waals surface area contributed by atoms with E-state index < -0.39 is 15.9 Å². The maximum absolute atomic E-state index is 12.1. The number of aryl methyl sites for hydroxylation is 2. The fraction of sp³-hybridized carbons (Fsp3) is 0.133. The fourth-order valence-electron chi connectivity index (χ4n) is 1.97. The Labute approximate surface area is 134 Å². The number of carbonyl (C=O) groups excluding carboxylic acids is 1. The number of carbonyl (C=O) groups is 1. The van der Waals surface area contributed by atoms with E-state index >= 15 is 0 Å². The Morgan fingerprint density at radius 3 is 2.41 bits per heavy atom. The molecule has 0 unspecified atom stereocenters. The highest BCUT2D eigenvalue weighted by Crippen LogP contribution is 2.19. The van der Waals surface area contributed by atoms with E-state index in [1.54, 1.807) is 31.2 Å². The number of hydrazine groups is 1. The molecule has 0 aromatic heterocycles. The maximum Gasteiger partial charge on any atom is 0.266 e. The molecule has 0 saturated carbocycles. The van der Waals surface area contributed by atoms with Gasteiger partial charge < -0.3 is 0 Å². The molecule has 0 bridgehead atoms. The van der Waals surface area contributed by atoms with Gasteiger partial charge in [0.25, 0.3) is 15.9 Å². The molecule has 0 radical (unpaired) electrons. The Bertz CT molecular complexity index is 819. The quantitative estimate of drug-likeness (QED) is 0.841. The van der Waals surface area contributed by atoms with Crippen LogP contribution in [-0.2, 0) is 10.0 Å². The number of sulfonamides is 1. The van der Waals surface area contributed by atoms with E-state index in [4.69, 9.17) is 11.6 Å². The van der Waals surface area contributed by atoms with Gasteiger partial charge in [-0.05, 0) is 37.6 Å². The van der Waals surface area contributed by atoms with E-state index in [2.05, 4.69) is 5.43 Å². The topological polar surface area (TPSA) is 75.3 Å².